The van der Waals surface area contributed by atoms with Crippen LogP contribution in [0, 0.1) is 0 Å². The first-order valence-electron chi connectivity index (χ1n) is 1.14. The van der Waals surface area contributed by atoms with Crippen LogP contribution >= 0.6 is 0 Å². The Hall–Kier alpha value is 1.13. The molecule has 0 aliphatic rings. The van der Waals surface area contributed by atoms with Crippen molar-refractivity contribution in [1.29, 1.82) is 0 Å². The Morgan fingerprint density at radius 2 is 1.86 bits per heavy atom. The average molecular weight is 153 g/mol. The van der Waals surface area contributed by atoms with Gasteiger partial charge in [0.05, 0.1) is 7.11 Å². The molecular formula is CH7CaNO3S. The largest absolute Gasteiger partial charge is 2.00 e. The molecule has 0 bridgehead atoms. The predicted molar refractivity (Wildman–Crippen MR) is 28.1 cm³/mol. The van der Waals surface area contributed by atoms with Gasteiger partial charge >= 0.3 is 48.0 Å². The van der Waals surface area contributed by atoms with Gasteiger partial charge in [0, 0.05) is 0 Å². The Bertz CT molecular complexity index is 124. The SMILES string of the molecule is COS(N)(=O)=O.[Ca+2].[H-].[H-]. The van der Waals surface area contributed by atoms with Crippen LogP contribution in [0.4, 0.5) is 0 Å². The summed E-state index contributed by atoms with van der Waals surface area (Å²) in [5, 5.41) is 4.28. The summed E-state index contributed by atoms with van der Waals surface area (Å²) >= 11 is 0. The summed E-state index contributed by atoms with van der Waals surface area (Å²) in [6.45, 7) is 0. The van der Waals surface area contributed by atoms with Crippen molar-refractivity contribution in [2.45, 2.75) is 0 Å². The molecule has 0 aliphatic heterocycles. The van der Waals surface area contributed by atoms with Gasteiger partial charge in [0.1, 0.15) is 0 Å². The zero-order valence-electron chi connectivity index (χ0n) is 5.92. The maximum absolute atomic E-state index is 9.56. The van der Waals surface area contributed by atoms with Crippen LogP contribution in [0.25, 0.3) is 0 Å². The second-order valence-electron chi connectivity index (χ2n) is 0.659. The van der Waals surface area contributed by atoms with E-state index < -0.39 is 10.3 Å². The van der Waals surface area contributed by atoms with E-state index in [-0.39, 0.29) is 40.6 Å². The van der Waals surface area contributed by atoms with Crippen LogP contribution < -0.4 is 5.14 Å². The fourth-order valence-corrected chi connectivity index (χ4v) is 0. The van der Waals surface area contributed by atoms with E-state index in [2.05, 4.69) is 9.32 Å². The van der Waals surface area contributed by atoms with Crippen molar-refractivity contribution >= 4 is 48.0 Å². The van der Waals surface area contributed by atoms with Crippen molar-refractivity contribution in [3.05, 3.63) is 0 Å². The molecule has 0 heterocycles. The normalized spacial score (nSPS) is 10.0. The van der Waals surface area contributed by atoms with E-state index in [1.165, 1.54) is 0 Å². The minimum atomic E-state index is -3.66. The molecule has 0 saturated heterocycles. The molecule has 4 nitrogen and oxygen atoms in total. The molecule has 6 heteroatoms. The van der Waals surface area contributed by atoms with Gasteiger partial charge < -0.3 is 2.85 Å². The molecule has 42 valence electrons. The minimum absolute atomic E-state index is 0. The van der Waals surface area contributed by atoms with Crippen LogP contribution in [0.1, 0.15) is 2.85 Å². The quantitative estimate of drug-likeness (QED) is 0.475. The standard InChI is InChI=1S/CH5NO3S.Ca.2H/c1-5-6(2,3)4;;;/h1H3,(H2,2,3,4);;;/q;+2;2*-1. The summed E-state index contributed by atoms with van der Waals surface area (Å²) in [6.07, 6.45) is 0. The smallest absolute Gasteiger partial charge is 1.00 e. The third kappa shape index (κ3) is 11.0. The van der Waals surface area contributed by atoms with Crippen molar-refractivity contribution in [3.63, 3.8) is 0 Å². The maximum Gasteiger partial charge on any atom is 2.00 e. The molecule has 0 fully saturated rings. The van der Waals surface area contributed by atoms with Crippen LogP contribution in [-0.4, -0.2) is 53.3 Å². The average Bonchev–Trinajstić information content (AvgIpc) is 1.35. The van der Waals surface area contributed by atoms with E-state index in [1.54, 1.807) is 0 Å². The third-order valence-electron chi connectivity index (χ3n) is 0.232. The summed E-state index contributed by atoms with van der Waals surface area (Å²) in [6, 6.07) is 0. The Labute approximate surface area is 75.2 Å². The molecule has 0 aliphatic carbocycles. The van der Waals surface area contributed by atoms with E-state index in [0.717, 1.165) is 7.11 Å². The van der Waals surface area contributed by atoms with Gasteiger partial charge in [-0.3, -0.25) is 4.18 Å². The fraction of sp³-hybridized carbons (Fsp3) is 1.00. The molecule has 2 N–H and O–H groups in total. The summed E-state index contributed by atoms with van der Waals surface area (Å²) in [7, 11) is -2.67. The van der Waals surface area contributed by atoms with Crippen LogP contribution in [0.5, 0.6) is 0 Å². The van der Waals surface area contributed by atoms with Crippen molar-refractivity contribution in [3.8, 4) is 0 Å². The monoisotopic (exact) mass is 153 g/mol. The first-order valence-corrected chi connectivity index (χ1v) is 2.62. The molecule has 0 aromatic heterocycles. The molecule has 0 aromatic rings. The van der Waals surface area contributed by atoms with E-state index >= 15 is 0 Å². The molecule has 0 amide bonds. The molecule has 0 saturated carbocycles. The zero-order valence-corrected chi connectivity index (χ0v) is 6.94. The Morgan fingerprint density at radius 1 is 1.71 bits per heavy atom. The Kier molecular flexibility index (Phi) is 6.37. The van der Waals surface area contributed by atoms with E-state index in [4.69, 9.17) is 0 Å². The van der Waals surface area contributed by atoms with Crippen LogP contribution in [0.3, 0.4) is 0 Å². The van der Waals surface area contributed by atoms with Crippen LogP contribution in [0.15, 0.2) is 0 Å². The zero-order chi connectivity index (χ0) is 5.21. The van der Waals surface area contributed by atoms with Crippen LogP contribution in [0.2, 0.25) is 0 Å². The van der Waals surface area contributed by atoms with Gasteiger partial charge in [-0.25, -0.2) is 5.14 Å². The summed E-state index contributed by atoms with van der Waals surface area (Å²) in [4.78, 5) is 0. The van der Waals surface area contributed by atoms with Crippen molar-refractivity contribution < 1.29 is 15.5 Å². The van der Waals surface area contributed by atoms with Crippen molar-refractivity contribution in [2.75, 3.05) is 7.11 Å². The van der Waals surface area contributed by atoms with Gasteiger partial charge in [0.2, 0.25) is 0 Å². The van der Waals surface area contributed by atoms with E-state index in [9.17, 15) is 8.42 Å². The number of hydrogen-bond donors (Lipinski definition) is 1. The molecule has 7 heavy (non-hydrogen) atoms. The van der Waals surface area contributed by atoms with E-state index in [0.29, 0.717) is 0 Å². The predicted octanol–water partition coefficient (Wildman–Crippen LogP) is -1.32. The first kappa shape index (κ1) is 11.0. The van der Waals surface area contributed by atoms with Gasteiger partial charge in [0.25, 0.3) is 0 Å². The third-order valence-corrected chi connectivity index (χ3v) is 0.697. The van der Waals surface area contributed by atoms with E-state index in [1.807, 2.05) is 0 Å². The van der Waals surface area contributed by atoms with Gasteiger partial charge in [0.15, 0.2) is 0 Å². The number of hydrogen-bond acceptors (Lipinski definition) is 3. The van der Waals surface area contributed by atoms with Gasteiger partial charge in [-0.05, 0) is 0 Å². The summed E-state index contributed by atoms with van der Waals surface area (Å²) in [5.41, 5.74) is 0. The molecule has 0 radical (unpaired) electrons. The molecule has 0 atom stereocenters. The Balaban J connectivity index is -0.0000000417. The van der Waals surface area contributed by atoms with Gasteiger partial charge in [-0.1, -0.05) is 0 Å². The molecular weight excluding hydrogens is 146 g/mol. The fourth-order valence-electron chi connectivity index (χ4n) is 0. The second-order valence-corrected chi connectivity index (χ2v) is 1.98. The number of nitrogens with two attached hydrogens (primary N) is 1. The van der Waals surface area contributed by atoms with Gasteiger partial charge in [-0.15, -0.1) is 0 Å². The van der Waals surface area contributed by atoms with Gasteiger partial charge in [-0.2, -0.15) is 8.42 Å². The molecule has 0 rings (SSSR count). The number of rotatable bonds is 1. The minimum Gasteiger partial charge on any atom is -1.00 e. The van der Waals surface area contributed by atoms with Crippen molar-refractivity contribution in [1.82, 2.24) is 0 Å². The Morgan fingerprint density at radius 3 is 1.86 bits per heavy atom. The topological polar surface area (TPSA) is 69.4 Å². The summed E-state index contributed by atoms with van der Waals surface area (Å²) in [5.74, 6) is 0. The van der Waals surface area contributed by atoms with Crippen LogP contribution in [-0.2, 0) is 14.5 Å². The maximum atomic E-state index is 9.56. The molecule has 0 aromatic carbocycles. The van der Waals surface area contributed by atoms with Crippen molar-refractivity contribution in [2.24, 2.45) is 5.14 Å². The summed E-state index contributed by atoms with van der Waals surface area (Å²) < 4.78 is 22.8. The molecule has 0 unspecified atom stereocenters. The second kappa shape index (κ2) is 4.05. The molecule has 0 spiro atoms. The first-order chi connectivity index (χ1) is 2.56.